The van der Waals surface area contributed by atoms with Crippen molar-refractivity contribution in [3.63, 3.8) is 0 Å². The van der Waals surface area contributed by atoms with Gasteiger partial charge >= 0.3 is 5.97 Å². The van der Waals surface area contributed by atoms with Crippen LogP contribution in [-0.4, -0.2) is 55.3 Å². The number of ether oxygens (including phenoxy) is 1. The van der Waals surface area contributed by atoms with Crippen molar-refractivity contribution in [1.82, 2.24) is 5.32 Å². The molecule has 1 aromatic carbocycles. The Morgan fingerprint density at radius 2 is 2.00 bits per heavy atom. The molecule has 0 spiro atoms. The number of nitro benzene ring substituents is 1. The van der Waals surface area contributed by atoms with Gasteiger partial charge in [-0.2, -0.15) is 0 Å². The summed E-state index contributed by atoms with van der Waals surface area (Å²) in [7, 11) is 1.57. The van der Waals surface area contributed by atoms with Gasteiger partial charge < -0.3 is 20.1 Å². The fraction of sp³-hybridized carbons (Fsp3) is 0.500. The number of aliphatic carboxylic acids is 1. The summed E-state index contributed by atoms with van der Waals surface area (Å²) in [6.45, 7) is 0.586. The van der Waals surface area contributed by atoms with Crippen LogP contribution in [0, 0.1) is 15.5 Å². The second-order valence-corrected chi connectivity index (χ2v) is 6.08. The van der Waals surface area contributed by atoms with E-state index in [-0.39, 0.29) is 18.8 Å². The first-order valence-corrected chi connectivity index (χ1v) is 7.88. The number of carbonyl (C=O) groups excluding carboxylic acids is 1. The number of hydrogen-bond acceptors (Lipinski definition) is 6. The summed E-state index contributed by atoms with van der Waals surface area (Å²) in [6.07, 6.45) is 0.672. The van der Waals surface area contributed by atoms with Crippen molar-refractivity contribution >= 4 is 23.3 Å². The fourth-order valence-corrected chi connectivity index (χ4v) is 2.79. The molecule has 0 aliphatic carbocycles. The molecule has 0 unspecified atom stereocenters. The molecule has 9 heteroatoms. The number of para-hydroxylation sites is 2. The van der Waals surface area contributed by atoms with Gasteiger partial charge in [0.1, 0.15) is 5.69 Å². The Morgan fingerprint density at radius 3 is 2.60 bits per heavy atom. The lowest BCUT2D eigenvalue weighted by molar-refractivity contribution is -0.384. The number of hydrogen-bond donors (Lipinski definition) is 2. The number of carboxylic acid groups (broad SMARTS) is 1. The molecule has 1 aromatic rings. The summed E-state index contributed by atoms with van der Waals surface area (Å²) in [5.74, 6) is -1.35. The highest BCUT2D eigenvalue weighted by Crippen LogP contribution is 2.30. The zero-order valence-electron chi connectivity index (χ0n) is 13.9. The van der Waals surface area contributed by atoms with Gasteiger partial charge in [0.15, 0.2) is 0 Å². The topological polar surface area (TPSA) is 122 Å². The third-order valence-electron chi connectivity index (χ3n) is 4.40. The Bertz CT molecular complexity index is 657. The van der Waals surface area contributed by atoms with E-state index in [1.54, 1.807) is 25.2 Å². The molecule has 25 heavy (non-hydrogen) atoms. The molecular formula is C16H21N3O6. The van der Waals surface area contributed by atoms with Crippen LogP contribution in [0.3, 0.4) is 0 Å². The normalized spacial score (nSPS) is 16.0. The minimum atomic E-state index is -1.02. The summed E-state index contributed by atoms with van der Waals surface area (Å²) in [5, 5.41) is 23.2. The second kappa shape index (κ2) is 7.93. The Labute approximate surface area is 144 Å². The number of nitro groups is 1. The van der Waals surface area contributed by atoms with Crippen molar-refractivity contribution in [3.8, 4) is 0 Å². The number of nitrogens with zero attached hydrogens (tertiary/aromatic N) is 2. The van der Waals surface area contributed by atoms with Gasteiger partial charge in [-0.3, -0.25) is 19.7 Å². The summed E-state index contributed by atoms with van der Waals surface area (Å²) >= 11 is 0. The maximum Gasteiger partial charge on any atom is 0.311 e. The third-order valence-corrected chi connectivity index (χ3v) is 4.40. The molecule has 0 atom stereocenters. The van der Waals surface area contributed by atoms with Gasteiger partial charge in [0.05, 0.1) is 16.9 Å². The first kappa shape index (κ1) is 18.7. The number of carboxylic acids is 1. The first-order chi connectivity index (χ1) is 11.9. The van der Waals surface area contributed by atoms with Gasteiger partial charge in [0.25, 0.3) is 5.69 Å². The van der Waals surface area contributed by atoms with E-state index in [0.29, 0.717) is 31.7 Å². The standard InChI is InChI=1S/C16H21N3O6/c1-18(12-4-2-3-5-13(12)19(23)24)10-14(20)17-11-16(15(21)22)6-8-25-9-7-16/h2-5H,6-11H2,1H3,(H,17,20)(H,21,22). The van der Waals surface area contributed by atoms with E-state index < -0.39 is 22.2 Å². The van der Waals surface area contributed by atoms with Gasteiger partial charge in [-0.15, -0.1) is 0 Å². The Balaban J connectivity index is 1.98. The Morgan fingerprint density at radius 1 is 1.36 bits per heavy atom. The van der Waals surface area contributed by atoms with Crippen LogP contribution < -0.4 is 10.2 Å². The molecule has 136 valence electrons. The SMILES string of the molecule is CN(CC(=O)NCC1(C(=O)O)CCOCC1)c1ccccc1[N+](=O)[O-]. The predicted molar refractivity (Wildman–Crippen MR) is 89.5 cm³/mol. The highest BCUT2D eigenvalue weighted by Gasteiger charge is 2.40. The summed E-state index contributed by atoms with van der Waals surface area (Å²) in [5.41, 5.74) is -0.795. The molecule has 1 heterocycles. The molecule has 0 aromatic heterocycles. The maximum absolute atomic E-state index is 12.2. The van der Waals surface area contributed by atoms with Gasteiger partial charge in [0.2, 0.25) is 5.91 Å². The molecule has 0 radical (unpaired) electrons. The van der Waals surface area contributed by atoms with Gasteiger partial charge in [-0.1, -0.05) is 12.1 Å². The van der Waals surface area contributed by atoms with Gasteiger partial charge in [-0.25, -0.2) is 0 Å². The molecule has 0 bridgehead atoms. The van der Waals surface area contributed by atoms with Crippen LogP contribution in [0.2, 0.25) is 0 Å². The molecule has 1 aliphatic rings. The van der Waals surface area contributed by atoms with Gasteiger partial charge in [-0.05, 0) is 18.9 Å². The molecule has 1 fully saturated rings. The van der Waals surface area contributed by atoms with Crippen LogP contribution in [0.25, 0.3) is 0 Å². The van der Waals surface area contributed by atoms with Gasteiger partial charge in [0, 0.05) is 32.9 Å². The number of nitrogens with one attached hydrogen (secondary N) is 1. The second-order valence-electron chi connectivity index (χ2n) is 6.08. The van der Waals surface area contributed by atoms with E-state index in [1.807, 2.05) is 0 Å². The first-order valence-electron chi connectivity index (χ1n) is 7.88. The number of likely N-dealkylation sites (N-methyl/N-ethyl adjacent to an activating group) is 1. The molecule has 2 rings (SSSR count). The smallest absolute Gasteiger partial charge is 0.311 e. The average Bonchev–Trinajstić information content (AvgIpc) is 2.60. The summed E-state index contributed by atoms with van der Waals surface area (Å²) in [6, 6.07) is 6.13. The van der Waals surface area contributed by atoms with Crippen LogP contribution in [0.5, 0.6) is 0 Å². The van der Waals surface area contributed by atoms with Crippen molar-refractivity contribution in [2.75, 3.05) is 38.3 Å². The van der Waals surface area contributed by atoms with Crippen LogP contribution in [0.4, 0.5) is 11.4 Å². The lowest BCUT2D eigenvalue weighted by Gasteiger charge is -2.33. The van der Waals surface area contributed by atoms with E-state index >= 15 is 0 Å². The monoisotopic (exact) mass is 351 g/mol. The lowest BCUT2D eigenvalue weighted by Crippen LogP contribution is -2.48. The molecule has 1 saturated heterocycles. The lowest BCUT2D eigenvalue weighted by atomic mass is 9.80. The van der Waals surface area contributed by atoms with Crippen molar-refractivity contribution in [1.29, 1.82) is 0 Å². The minimum absolute atomic E-state index is 0.00918. The number of carbonyl (C=O) groups is 2. The van der Waals surface area contributed by atoms with E-state index in [2.05, 4.69) is 5.32 Å². The Kier molecular flexibility index (Phi) is 5.92. The van der Waals surface area contributed by atoms with Crippen LogP contribution in [-0.2, 0) is 14.3 Å². The molecule has 0 saturated carbocycles. The maximum atomic E-state index is 12.2. The number of anilines is 1. The van der Waals surface area contributed by atoms with Crippen LogP contribution >= 0.6 is 0 Å². The highest BCUT2D eigenvalue weighted by molar-refractivity contribution is 5.83. The largest absolute Gasteiger partial charge is 0.481 e. The van der Waals surface area contributed by atoms with E-state index in [9.17, 15) is 24.8 Å². The van der Waals surface area contributed by atoms with E-state index in [0.717, 1.165) is 0 Å². The zero-order valence-corrected chi connectivity index (χ0v) is 13.9. The summed E-state index contributed by atoms with van der Waals surface area (Å²) in [4.78, 5) is 35.7. The van der Waals surface area contributed by atoms with E-state index in [1.165, 1.54) is 11.0 Å². The summed E-state index contributed by atoms with van der Waals surface area (Å²) < 4.78 is 5.19. The van der Waals surface area contributed by atoms with Crippen LogP contribution in [0.1, 0.15) is 12.8 Å². The highest BCUT2D eigenvalue weighted by atomic mass is 16.6. The number of benzene rings is 1. The molecule has 1 amide bonds. The van der Waals surface area contributed by atoms with Crippen molar-refractivity contribution in [3.05, 3.63) is 34.4 Å². The minimum Gasteiger partial charge on any atom is -0.481 e. The number of amides is 1. The van der Waals surface area contributed by atoms with E-state index in [4.69, 9.17) is 4.74 Å². The average molecular weight is 351 g/mol. The predicted octanol–water partition coefficient (Wildman–Crippen LogP) is 1.03. The third kappa shape index (κ3) is 4.44. The molecule has 1 aliphatic heterocycles. The van der Waals surface area contributed by atoms with Crippen molar-refractivity contribution in [2.24, 2.45) is 5.41 Å². The fourth-order valence-electron chi connectivity index (χ4n) is 2.79. The number of rotatable bonds is 7. The zero-order chi connectivity index (χ0) is 18.4. The quantitative estimate of drug-likeness (QED) is 0.555. The van der Waals surface area contributed by atoms with Crippen molar-refractivity contribution < 1.29 is 24.4 Å². The van der Waals surface area contributed by atoms with Crippen molar-refractivity contribution in [2.45, 2.75) is 12.8 Å². The van der Waals surface area contributed by atoms with Crippen LogP contribution in [0.15, 0.2) is 24.3 Å². The molecule has 2 N–H and O–H groups in total. The Hall–Kier alpha value is -2.68. The molecule has 9 nitrogen and oxygen atoms in total. The molecular weight excluding hydrogens is 330 g/mol.